The summed E-state index contributed by atoms with van der Waals surface area (Å²) in [6.45, 7) is 0. The number of amidine groups is 1. The first kappa shape index (κ1) is 12.8. The second kappa shape index (κ2) is 5.78. The van der Waals surface area contributed by atoms with Crippen molar-refractivity contribution in [3.63, 3.8) is 0 Å². The molecule has 0 bridgehead atoms. The van der Waals surface area contributed by atoms with E-state index in [0.717, 1.165) is 4.34 Å². The Bertz CT molecular complexity index is 559. The van der Waals surface area contributed by atoms with Crippen molar-refractivity contribution in [2.24, 2.45) is 10.9 Å². The fourth-order valence-corrected chi connectivity index (χ4v) is 2.77. The summed E-state index contributed by atoms with van der Waals surface area (Å²) in [6, 6.07) is 4.77. The van der Waals surface area contributed by atoms with Crippen LogP contribution in [0.5, 0.6) is 0 Å². The standard InChI is InChI=1S/C10H9FN4OS2/c11-8-6(4-17-10-14-13-5-18-10)2-1-3-7(8)9(12)15-16/h1-3,5,16H,4H2,(H2,12,15). The van der Waals surface area contributed by atoms with Gasteiger partial charge in [-0.1, -0.05) is 40.4 Å². The topological polar surface area (TPSA) is 84.4 Å². The maximum Gasteiger partial charge on any atom is 0.174 e. The number of oxime groups is 1. The van der Waals surface area contributed by atoms with Gasteiger partial charge in [0, 0.05) is 5.75 Å². The molecule has 5 nitrogen and oxygen atoms in total. The molecule has 94 valence electrons. The van der Waals surface area contributed by atoms with Gasteiger partial charge < -0.3 is 10.9 Å². The average Bonchev–Trinajstić information content (AvgIpc) is 2.90. The lowest BCUT2D eigenvalue weighted by atomic mass is 10.1. The van der Waals surface area contributed by atoms with Crippen LogP contribution in [0.3, 0.4) is 0 Å². The molecule has 0 atom stereocenters. The highest BCUT2D eigenvalue weighted by atomic mass is 32.2. The summed E-state index contributed by atoms with van der Waals surface area (Å²) in [7, 11) is 0. The van der Waals surface area contributed by atoms with Crippen LogP contribution in [0.4, 0.5) is 4.39 Å². The van der Waals surface area contributed by atoms with E-state index in [-0.39, 0.29) is 11.4 Å². The van der Waals surface area contributed by atoms with Crippen molar-refractivity contribution in [2.75, 3.05) is 0 Å². The number of hydrogen-bond donors (Lipinski definition) is 2. The van der Waals surface area contributed by atoms with Crippen LogP contribution in [-0.4, -0.2) is 21.2 Å². The van der Waals surface area contributed by atoms with Gasteiger partial charge in [0.1, 0.15) is 11.3 Å². The minimum atomic E-state index is -0.482. The molecule has 0 aliphatic carbocycles. The molecule has 1 aromatic heterocycles. The third-order valence-corrected chi connectivity index (χ3v) is 4.06. The quantitative estimate of drug-likeness (QED) is 0.295. The van der Waals surface area contributed by atoms with Crippen molar-refractivity contribution in [1.29, 1.82) is 0 Å². The van der Waals surface area contributed by atoms with Crippen molar-refractivity contribution in [3.8, 4) is 0 Å². The monoisotopic (exact) mass is 284 g/mol. The van der Waals surface area contributed by atoms with Crippen LogP contribution >= 0.6 is 23.1 Å². The molecule has 0 aliphatic rings. The Hall–Kier alpha value is -1.67. The van der Waals surface area contributed by atoms with Gasteiger partial charge in [0.05, 0.1) is 5.56 Å². The first-order valence-electron chi connectivity index (χ1n) is 4.86. The zero-order valence-corrected chi connectivity index (χ0v) is 10.7. The van der Waals surface area contributed by atoms with E-state index in [2.05, 4.69) is 15.4 Å². The predicted molar refractivity (Wildman–Crippen MR) is 68.4 cm³/mol. The lowest BCUT2D eigenvalue weighted by Gasteiger charge is -2.05. The van der Waals surface area contributed by atoms with Gasteiger partial charge in [0.15, 0.2) is 10.2 Å². The molecule has 0 radical (unpaired) electrons. The highest BCUT2D eigenvalue weighted by molar-refractivity contribution is 8.00. The van der Waals surface area contributed by atoms with Gasteiger partial charge in [-0.05, 0) is 11.6 Å². The number of nitrogens with zero attached hydrogens (tertiary/aromatic N) is 3. The Kier molecular flexibility index (Phi) is 4.11. The highest BCUT2D eigenvalue weighted by Gasteiger charge is 2.12. The summed E-state index contributed by atoms with van der Waals surface area (Å²) < 4.78 is 14.8. The Morgan fingerprint density at radius 1 is 1.56 bits per heavy atom. The second-order valence-electron chi connectivity index (χ2n) is 3.26. The van der Waals surface area contributed by atoms with Gasteiger partial charge >= 0.3 is 0 Å². The lowest BCUT2D eigenvalue weighted by Crippen LogP contribution is -2.15. The number of rotatable bonds is 4. The van der Waals surface area contributed by atoms with Crippen LogP contribution in [0.2, 0.25) is 0 Å². The summed E-state index contributed by atoms with van der Waals surface area (Å²) >= 11 is 2.78. The molecular weight excluding hydrogens is 275 g/mol. The van der Waals surface area contributed by atoms with Gasteiger partial charge in [-0.15, -0.1) is 10.2 Å². The minimum absolute atomic E-state index is 0.0906. The van der Waals surface area contributed by atoms with Crippen LogP contribution in [0, 0.1) is 5.82 Å². The molecule has 0 saturated carbocycles. The number of aromatic nitrogens is 2. The van der Waals surface area contributed by atoms with Gasteiger partial charge in [-0.25, -0.2) is 4.39 Å². The largest absolute Gasteiger partial charge is 0.409 e. The maximum atomic E-state index is 14.0. The molecule has 1 heterocycles. The molecule has 0 aliphatic heterocycles. The summed E-state index contributed by atoms with van der Waals surface area (Å²) in [5, 5.41) is 18.9. The molecule has 1 aromatic carbocycles. The number of nitrogens with two attached hydrogens (primary N) is 1. The van der Waals surface area contributed by atoms with E-state index < -0.39 is 5.82 Å². The molecule has 0 saturated heterocycles. The van der Waals surface area contributed by atoms with Gasteiger partial charge in [-0.2, -0.15) is 0 Å². The van der Waals surface area contributed by atoms with E-state index in [1.54, 1.807) is 17.6 Å². The van der Waals surface area contributed by atoms with Crippen LogP contribution in [0.15, 0.2) is 33.2 Å². The Morgan fingerprint density at radius 2 is 2.39 bits per heavy atom. The SMILES string of the molecule is N/C(=N/O)c1cccc(CSc2nncs2)c1F. The average molecular weight is 284 g/mol. The van der Waals surface area contributed by atoms with Crippen molar-refractivity contribution in [2.45, 2.75) is 10.1 Å². The first-order valence-corrected chi connectivity index (χ1v) is 6.73. The number of hydrogen-bond acceptors (Lipinski definition) is 6. The molecule has 0 amide bonds. The minimum Gasteiger partial charge on any atom is -0.409 e. The van der Waals surface area contributed by atoms with E-state index in [1.165, 1.54) is 29.2 Å². The van der Waals surface area contributed by atoms with Gasteiger partial charge in [0.2, 0.25) is 0 Å². The molecule has 8 heteroatoms. The zero-order chi connectivity index (χ0) is 13.0. The normalized spacial score (nSPS) is 11.7. The molecule has 18 heavy (non-hydrogen) atoms. The third kappa shape index (κ3) is 2.77. The Morgan fingerprint density at radius 3 is 3.06 bits per heavy atom. The predicted octanol–water partition coefficient (Wildman–Crippen LogP) is 2.06. The van der Waals surface area contributed by atoms with E-state index in [0.29, 0.717) is 11.3 Å². The van der Waals surface area contributed by atoms with Gasteiger partial charge in [0.25, 0.3) is 0 Å². The van der Waals surface area contributed by atoms with Crippen molar-refractivity contribution in [3.05, 3.63) is 40.7 Å². The van der Waals surface area contributed by atoms with Crippen molar-refractivity contribution >= 4 is 28.9 Å². The molecular formula is C10H9FN4OS2. The molecule has 0 unspecified atom stereocenters. The van der Waals surface area contributed by atoms with Crippen LogP contribution in [0.25, 0.3) is 0 Å². The lowest BCUT2D eigenvalue weighted by molar-refractivity contribution is 0.318. The van der Waals surface area contributed by atoms with E-state index >= 15 is 0 Å². The van der Waals surface area contributed by atoms with E-state index in [9.17, 15) is 4.39 Å². The fourth-order valence-electron chi connectivity index (χ4n) is 1.31. The van der Waals surface area contributed by atoms with Crippen LogP contribution in [0.1, 0.15) is 11.1 Å². The first-order chi connectivity index (χ1) is 8.72. The number of thioether (sulfide) groups is 1. The van der Waals surface area contributed by atoms with E-state index in [1.807, 2.05) is 0 Å². The van der Waals surface area contributed by atoms with Crippen molar-refractivity contribution in [1.82, 2.24) is 10.2 Å². The Labute approximate surface area is 111 Å². The smallest absolute Gasteiger partial charge is 0.174 e. The van der Waals surface area contributed by atoms with Gasteiger partial charge in [-0.3, -0.25) is 0 Å². The second-order valence-corrected chi connectivity index (χ2v) is 5.31. The summed E-state index contributed by atoms with van der Waals surface area (Å²) in [5.74, 6) is -0.312. The Balaban J connectivity index is 2.18. The molecule has 3 N–H and O–H groups in total. The highest BCUT2D eigenvalue weighted by Crippen LogP contribution is 2.25. The fraction of sp³-hybridized carbons (Fsp3) is 0.100. The molecule has 0 spiro atoms. The zero-order valence-electron chi connectivity index (χ0n) is 9.08. The summed E-state index contributed by atoms with van der Waals surface area (Å²) in [6.07, 6.45) is 0. The number of benzene rings is 1. The molecule has 2 rings (SSSR count). The van der Waals surface area contributed by atoms with Crippen LogP contribution < -0.4 is 5.73 Å². The summed E-state index contributed by atoms with van der Waals surface area (Å²) in [4.78, 5) is 0. The third-order valence-electron chi connectivity index (χ3n) is 2.15. The maximum absolute atomic E-state index is 14.0. The van der Waals surface area contributed by atoms with Crippen molar-refractivity contribution < 1.29 is 9.60 Å². The number of halogens is 1. The summed E-state index contributed by atoms with van der Waals surface area (Å²) in [5.41, 5.74) is 7.57. The molecule has 0 fully saturated rings. The van der Waals surface area contributed by atoms with Crippen LogP contribution in [-0.2, 0) is 5.75 Å². The molecule has 2 aromatic rings. The van der Waals surface area contributed by atoms with E-state index in [4.69, 9.17) is 10.9 Å².